The first kappa shape index (κ1) is 15.9. The van der Waals surface area contributed by atoms with E-state index in [9.17, 15) is 4.79 Å². The number of rotatable bonds is 3. The van der Waals surface area contributed by atoms with E-state index in [-0.39, 0.29) is 12.1 Å². The molecule has 1 aliphatic rings. The van der Waals surface area contributed by atoms with Crippen LogP contribution in [0.3, 0.4) is 0 Å². The third-order valence-corrected chi connectivity index (χ3v) is 4.26. The number of urea groups is 1. The SMILES string of the molecule is COc1cccc(C2CCCN2C(=O)Nc2ccc(C#N)cc2)c1. The largest absolute Gasteiger partial charge is 0.497 e. The van der Waals surface area contributed by atoms with Crippen molar-refractivity contribution in [1.29, 1.82) is 5.26 Å². The molecule has 1 heterocycles. The molecule has 1 saturated heterocycles. The molecule has 2 aromatic carbocycles. The summed E-state index contributed by atoms with van der Waals surface area (Å²) in [6, 6.07) is 16.7. The third kappa shape index (κ3) is 3.33. The molecule has 1 atom stereocenters. The number of nitrogens with one attached hydrogen (secondary N) is 1. The van der Waals surface area contributed by atoms with Crippen molar-refractivity contribution in [3.8, 4) is 11.8 Å². The van der Waals surface area contributed by atoms with Gasteiger partial charge < -0.3 is 15.0 Å². The van der Waals surface area contributed by atoms with Crippen molar-refractivity contribution < 1.29 is 9.53 Å². The van der Waals surface area contributed by atoms with E-state index in [2.05, 4.69) is 11.4 Å². The van der Waals surface area contributed by atoms with E-state index in [1.807, 2.05) is 29.2 Å². The average Bonchev–Trinajstić information content (AvgIpc) is 3.12. The third-order valence-electron chi connectivity index (χ3n) is 4.26. The summed E-state index contributed by atoms with van der Waals surface area (Å²) in [5, 5.41) is 11.7. The molecule has 1 fully saturated rings. The number of likely N-dealkylation sites (tertiary alicyclic amines) is 1. The van der Waals surface area contributed by atoms with Crippen LogP contribution in [0.15, 0.2) is 48.5 Å². The van der Waals surface area contributed by atoms with Crippen LogP contribution >= 0.6 is 0 Å². The number of hydrogen-bond acceptors (Lipinski definition) is 3. The number of benzene rings is 2. The van der Waals surface area contributed by atoms with Crippen molar-refractivity contribution in [2.75, 3.05) is 19.0 Å². The van der Waals surface area contributed by atoms with Crippen LogP contribution in [0.2, 0.25) is 0 Å². The number of nitriles is 1. The quantitative estimate of drug-likeness (QED) is 0.931. The molecule has 1 aliphatic heterocycles. The molecular weight excluding hydrogens is 302 g/mol. The first-order chi connectivity index (χ1) is 11.7. The van der Waals surface area contributed by atoms with E-state index >= 15 is 0 Å². The van der Waals surface area contributed by atoms with Crippen molar-refractivity contribution in [3.05, 3.63) is 59.7 Å². The fourth-order valence-electron chi connectivity index (χ4n) is 3.03. The van der Waals surface area contributed by atoms with Crippen LogP contribution < -0.4 is 10.1 Å². The maximum Gasteiger partial charge on any atom is 0.322 e. The highest BCUT2D eigenvalue weighted by Gasteiger charge is 2.30. The number of anilines is 1. The number of hydrogen-bond donors (Lipinski definition) is 1. The lowest BCUT2D eigenvalue weighted by atomic mass is 10.0. The summed E-state index contributed by atoms with van der Waals surface area (Å²) in [5.74, 6) is 0.798. The Labute approximate surface area is 141 Å². The van der Waals surface area contributed by atoms with Gasteiger partial charge in [-0.2, -0.15) is 5.26 Å². The van der Waals surface area contributed by atoms with Gasteiger partial charge in [0.25, 0.3) is 0 Å². The molecule has 122 valence electrons. The lowest BCUT2D eigenvalue weighted by Gasteiger charge is -2.25. The highest BCUT2D eigenvalue weighted by Crippen LogP contribution is 2.33. The van der Waals surface area contributed by atoms with Crippen molar-refractivity contribution >= 4 is 11.7 Å². The molecule has 0 aliphatic carbocycles. The zero-order chi connectivity index (χ0) is 16.9. The molecule has 0 aromatic heterocycles. The first-order valence-electron chi connectivity index (χ1n) is 7.93. The Balaban J connectivity index is 1.74. The topological polar surface area (TPSA) is 65.4 Å². The summed E-state index contributed by atoms with van der Waals surface area (Å²) < 4.78 is 5.28. The summed E-state index contributed by atoms with van der Waals surface area (Å²) in [6.07, 6.45) is 1.91. The van der Waals surface area contributed by atoms with Crippen LogP contribution in [-0.4, -0.2) is 24.6 Å². The number of ether oxygens (including phenoxy) is 1. The predicted octanol–water partition coefficient (Wildman–Crippen LogP) is 3.94. The Morgan fingerprint density at radius 2 is 2.08 bits per heavy atom. The lowest BCUT2D eigenvalue weighted by Crippen LogP contribution is -2.34. The Bertz CT molecular complexity index is 765. The maximum atomic E-state index is 12.6. The molecule has 5 nitrogen and oxygen atoms in total. The van der Waals surface area contributed by atoms with Gasteiger partial charge in [0.15, 0.2) is 0 Å². The minimum Gasteiger partial charge on any atom is -0.497 e. The van der Waals surface area contributed by atoms with Gasteiger partial charge in [-0.15, -0.1) is 0 Å². The Hall–Kier alpha value is -3.00. The van der Waals surface area contributed by atoms with Crippen LogP contribution in [0, 0.1) is 11.3 Å². The number of nitrogens with zero attached hydrogens (tertiary/aromatic N) is 2. The second-order valence-corrected chi connectivity index (χ2v) is 5.75. The lowest BCUT2D eigenvalue weighted by molar-refractivity contribution is 0.207. The Morgan fingerprint density at radius 3 is 2.79 bits per heavy atom. The van der Waals surface area contributed by atoms with E-state index in [4.69, 9.17) is 10.00 Å². The van der Waals surface area contributed by atoms with E-state index in [0.717, 1.165) is 30.7 Å². The monoisotopic (exact) mass is 321 g/mol. The van der Waals surface area contributed by atoms with Crippen LogP contribution in [0.4, 0.5) is 10.5 Å². The molecule has 1 N–H and O–H groups in total. The van der Waals surface area contributed by atoms with Crippen LogP contribution in [-0.2, 0) is 0 Å². The van der Waals surface area contributed by atoms with Gasteiger partial charge in [0.05, 0.1) is 24.8 Å². The minimum atomic E-state index is -0.120. The van der Waals surface area contributed by atoms with Crippen molar-refractivity contribution in [2.24, 2.45) is 0 Å². The molecular formula is C19H19N3O2. The molecule has 3 rings (SSSR count). The predicted molar refractivity (Wildman–Crippen MR) is 91.9 cm³/mol. The number of carbonyl (C=O) groups excluding carboxylic acids is 1. The van der Waals surface area contributed by atoms with Gasteiger partial charge in [0, 0.05) is 12.2 Å². The standard InChI is InChI=1S/C19H19N3O2/c1-24-17-5-2-4-15(12-17)18-6-3-11-22(18)19(23)21-16-9-7-14(13-20)8-10-16/h2,4-5,7-10,12,18H,3,6,11H2,1H3,(H,21,23). The van der Waals surface area contributed by atoms with E-state index in [1.54, 1.807) is 31.4 Å². The van der Waals surface area contributed by atoms with Crippen LogP contribution in [0.25, 0.3) is 0 Å². The number of methoxy groups -OCH3 is 1. The molecule has 0 bridgehead atoms. The average molecular weight is 321 g/mol. The highest BCUT2D eigenvalue weighted by atomic mass is 16.5. The van der Waals surface area contributed by atoms with Gasteiger partial charge in [-0.05, 0) is 54.8 Å². The minimum absolute atomic E-state index is 0.0541. The molecule has 0 spiro atoms. The van der Waals surface area contributed by atoms with E-state index in [1.165, 1.54) is 0 Å². The van der Waals surface area contributed by atoms with Crippen LogP contribution in [0.5, 0.6) is 5.75 Å². The van der Waals surface area contributed by atoms with Crippen molar-refractivity contribution in [2.45, 2.75) is 18.9 Å². The smallest absolute Gasteiger partial charge is 0.322 e. The fourth-order valence-corrected chi connectivity index (χ4v) is 3.03. The highest BCUT2D eigenvalue weighted by molar-refractivity contribution is 5.89. The first-order valence-corrected chi connectivity index (χ1v) is 7.93. The summed E-state index contributed by atoms with van der Waals surface area (Å²) in [6.45, 7) is 0.726. The van der Waals surface area contributed by atoms with Gasteiger partial charge >= 0.3 is 6.03 Å². The van der Waals surface area contributed by atoms with Gasteiger partial charge in [-0.1, -0.05) is 12.1 Å². The molecule has 2 aromatic rings. The van der Waals surface area contributed by atoms with Gasteiger partial charge in [-0.3, -0.25) is 0 Å². The summed E-state index contributed by atoms with van der Waals surface area (Å²) in [5.41, 5.74) is 2.35. The van der Waals surface area contributed by atoms with Crippen molar-refractivity contribution in [3.63, 3.8) is 0 Å². The van der Waals surface area contributed by atoms with Gasteiger partial charge in [0.2, 0.25) is 0 Å². The van der Waals surface area contributed by atoms with Gasteiger partial charge in [0.1, 0.15) is 5.75 Å². The zero-order valence-electron chi connectivity index (χ0n) is 13.5. The fraction of sp³-hybridized carbons (Fsp3) is 0.263. The molecule has 0 saturated carbocycles. The Kier molecular flexibility index (Phi) is 4.66. The second kappa shape index (κ2) is 7.05. The van der Waals surface area contributed by atoms with E-state index < -0.39 is 0 Å². The van der Waals surface area contributed by atoms with E-state index in [0.29, 0.717) is 11.3 Å². The molecule has 24 heavy (non-hydrogen) atoms. The normalized spacial score (nSPS) is 16.5. The molecule has 2 amide bonds. The second-order valence-electron chi connectivity index (χ2n) is 5.75. The number of carbonyl (C=O) groups is 1. The Morgan fingerprint density at radius 1 is 1.29 bits per heavy atom. The molecule has 1 unspecified atom stereocenters. The summed E-state index contributed by atoms with van der Waals surface area (Å²) in [7, 11) is 1.64. The maximum absolute atomic E-state index is 12.6. The number of amides is 2. The molecule has 0 radical (unpaired) electrons. The van der Waals surface area contributed by atoms with Crippen LogP contribution in [0.1, 0.15) is 30.0 Å². The summed E-state index contributed by atoms with van der Waals surface area (Å²) in [4.78, 5) is 14.5. The van der Waals surface area contributed by atoms with Gasteiger partial charge in [-0.25, -0.2) is 4.79 Å². The molecule has 5 heteroatoms. The summed E-state index contributed by atoms with van der Waals surface area (Å²) >= 11 is 0. The van der Waals surface area contributed by atoms with Crippen molar-refractivity contribution in [1.82, 2.24) is 4.90 Å². The zero-order valence-corrected chi connectivity index (χ0v) is 13.5.